The summed E-state index contributed by atoms with van der Waals surface area (Å²) in [5.41, 5.74) is 6.63. The monoisotopic (exact) mass is 153 g/mol. The normalized spacial score (nSPS) is 13.3. The predicted octanol–water partition coefficient (Wildman–Crippen LogP) is -1.04. The molecule has 0 rings (SSSR count). The van der Waals surface area contributed by atoms with Gasteiger partial charge in [0.25, 0.3) is 5.91 Å². The Balaban J connectivity index is 3.61. The Morgan fingerprint density at radius 1 is 1.60 bits per heavy atom. The van der Waals surface area contributed by atoms with Gasteiger partial charge in [0.2, 0.25) is 6.43 Å². The molecule has 10 heavy (non-hydrogen) atoms. The lowest BCUT2D eigenvalue weighted by Gasteiger charge is -2.07. The first-order chi connectivity index (χ1) is 4.57. The van der Waals surface area contributed by atoms with E-state index in [2.05, 4.69) is 5.84 Å². The minimum Gasteiger partial charge on any atom is -0.320 e. The number of amides is 1. The fraction of sp³-hybridized carbons (Fsp3) is 0.750. The molecule has 0 aromatic rings. The largest absolute Gasteiger partial charge is 0.320 e. The van der Waals surface area contributed by atoms with E-state index in [9.17, 15) is 13.6 Å². The Morgan fingerprint density at radius 3 is 2.40 bits per heavy atom. The molecule has 0 fully saturated rings. The van der Waals surface area contributed by atoms with Gasteiger partial charge < -0.3 is 5.73 Å². The van der Waals surface area contributed by atoms with Gasteiger partial charge in [0.05, 0.1) is 6.04 Å². The highest BCUT2D eigenvalue weighted by Gasteiger charge is 2.16. The quantitative estimate of drug-likeness (QED) is 0.275. The molecular formula is C4H9F2N3O. The minimum atomic E-state index is -2.58. The van der Waals surface area contributed by atoms with Crippen molar-refractivity contribution in [3.8, 4) is 0 Å². The standard InChI is InChI=1S/C4H9F2N3O/c5-3(6)1-2(7)4(10)9-8/h2-3H,1,7-8H2,(H,9,10). The molecule has 0 aliphatic carbocycles. The molecule has 1 atom stereocenters. The number of hydrogen-bond acceptors (Lipinski definition) is 3. The first-order valence-corrected chi connectivity index (χ1v) is 2.62. The van der Waals surface area contributed by atoms with Gasteiger partial charge in [0.1, 0.15) is 0 Å². The maximum absolute atomic E-state index is 11.5. The number of nitrogens with two attached hydrogens (primary N) is 2. The molecule has 0 radical (unpaired) electrons. The fourth-order valence-corrected chi connectivity index (χ4v) is 0.406. The molecule has 1 unspecified atom stereocenters. The van der Waals surface area contributed by atoms with Gasteiger partial charge in [-0.2, -0.15) is 0 Å². The molecule has 0 aromatic heterocycles. The Bertz CT molecular complexity index is 119. The second-order valence-electron chi connectivity index (χ2n) is 1.74. The molecule has 0 bridgehead atoms. The van der Waals surface area contributed by atoms with Crippen LogP contribution >= 0.6 is 0 Å². The van der Waals surface area contributed by atoms with Crippen molar-refractivity contribution in [3.05, 3.63) is 0 Å². The summed E-state index contributed by atoms with van der Waals surface area (Å²) in [5.74, 6) is 3.85. The van der Waals surface area contributed by atoms with E-state index in [1.54, 1.807) is 5.43 Å². The van der Waals surface area contributed by atoms with Crippen LogP contribution in [0.15, 0.2) is 0 Å². The van der Waals surface area contributed by atoms with E-state index in [0.29, 0.717) is 0 Å². The van der Waals surface area contributed by atoms with Gasteiger partial charge in [-0.25, -0.2) is 14.6 Å². The first kappa shape index (κ1) is 9.25. The molecule has 5 N–H and O–H groups in total. The smallest absolute Gasteiger partial charge is 0.250 e. The zero-order chi connectivity index (χ0) is 8.15. The lowest BCUT2D eigenvalue weighted by Crippen LogP contribution is -2.44. The van der Waals surface area contributed by atoms with E-state index in [4.69, 9.17) is 5.73 Å². The van der Waals surface area contributed by atoms with Crippen LogP contribution in [0.25, 0.3) is 0 Å². The molecule has 0 aromatic carbocycles. The third-order valence-corrected chi connectivity index (χ3v) is 0.911. The molecular weight excluding hydrogens is 144 g/mol. The minimum absolute atomic E-state index is 0.664. The Morgan fingerprint density at radius 2 is 2.10 bits per heavy atom. The van der Waals surface area contributed by atoms with Gasteiger partial charge in [-0.15, -0.1) is 0 Å². The van der Waals surface area contributed by atoms with E-state index in [0.717, 1.165) is 0 Å². The number of halogens is 2. The van der Waals surface area contributed by atoms with Crippen molar-refractivity contribution in [1.29, 1.82) is 0 Å². The van der Waals surface area contributed by atoms with E-state index < -0.39 is 24.8 Å². The van der Waals surface area contributed by atoms with Crippen LogP contribution in [0.5, 0.6) is 0 Å². The number of nitrogens with one attached hydrogen (secondary N) is 1. The van der Waals surface area contributed by atoms with E-state index >= 15 is 0 Å². The number of rotatable bonds is 3. The average Bonchev–Trinajstić information content (AvgIpc) is 1.85. The summed E-state index contributed by atoms with van der Waals surface area (Å²) in [7, 11) is 0. The highest BCUT2D eigenvalue weighted by atomic mass is 19.3. The molecule has 4 nitrogen and oxygen atoms in total. The predicted molar refractivity (Wildman–Crippen MR) is 30.9 cm³/mol. The summed E-state index contributed by atoms with van der Waals surface area (Å²) in [4.78, 5) is 10.4. The van der Waals surface area contributed by atoms with Crippen LogP contribution < -0.4 is 17.0 Å². The maximum Gasteiger partial charge on any atom is 0.250 e. The molecule has 0 aliphatic heterocycles. The van der Waals surface area contributed by atoms with Crippen LogP contribution in [0, 0.1) is 0 Å². The van der Waals surface area contributed by atoms with Crippen molar-refractivity contribution in [1.82, 2.24) is 5.43 Å². The molecule has 0 saturated heterocycles. The zero-order valence-corrected chi connectivity index (χ0v) is 5.18. The summed E-state index contributed by atoms with van der Waals surface area (Å²) in [5, 5.41) is 0. The zero-order valence-electron chi connectivity index (χ0n) is 5.18. The van der Waals surface area contributed by atoms with Gasteiger partial charge >= 0.3 is 0 Å². The van der Waals surface area contributed by atoms with Crippen molar-refractivity contribution in [3.63, 3.8) is 0 Å². The van der Waals surface area contributed by atoms with Crippen LogP contribution in [0.2, 0.25) is 0 Å². The Labute approximate surface area is 56.5 Å². The van der Waals surface area contributed by atoms with Crippen LogP contribution in [0.3, 0.4) is 0 Å². The average molecular weight is 153 g/mol. The van der Waals surface area contributed by atoms with Crippen molar-refractivity contribution >= 4 is 5.91 Å². The lowest BCUT2D eigenvalue weighted by molar-refractivity contribution is -0.123. The van der Waals surface area contributed by atoms with Gasteiger partial charge in [-0.3, -0.25) is 10.2 Å². The fourth-order valence-electron chi connectivity index (χ4n) is 0.406. The van der Waals surface area contributed by atoms with Crippen LogP contribution in [-0.4, -0.2) is 18.4 Å². The van der Waals surface area contributed by atoms with Gasteiger partial charge in [-0.1, -0.05) is 0 Å². The molecule has 0 saturated carbocycles. The third-order valence-electron chi connectivity index (χ3n) is 0.911. The molecule has 0 aliphatic rings. The SMILES string of the molecule is NNC(=O)C(N)CC(F)F. The topological polar surface area (TPSA) is 81.1 Å². The number of hydrogen-bond donors (Lipinski definition) is 3. The molecule has 0 spiro atoms. The second-order valence-corrected chi connectivity index (χ2v) is 1.74. The van der Waals surface area contributed by atoms with E-state index in [1.165, 1.54) is 0 Å². The Hall–Kier alpha value is -0.750. The summed E-state index contributed by atoms with van der Waals surface area (Å²) in [6.07, 6.45) is -3.24. The van der Waals surface area contributed by atoms with E-state index in [-0.39, 0.29) is 0 Å². The maximum atomic E-state index is 11.5. The van der Waals surface area contributed by atoms with Crippen LogP contribution in [0.1, 0.15) is 6.42 Å². The van der Waals surface area contributed by atoms with Gasteiger partial charge in [0.15, 0.2) is 0 Å². The van der Waals surface area contributed by atoms with Crippen LogP contribution in [0.4, 0.5) is 8.78 Å². The van der Waals surface area contributed by atoms with Crippen molar-refractivity contribution in [2.24, 2.45) is 11.6 Å². The van der Waals surface area contributed by atoms with Gasteiger partial charge in [0, 0.05) is 6.42 Å². The summed E-state index contributed by atoms with van der Waals surface area (Å²) >= 11 is 0. The third kappa shape index (κ3) is 3.31. The highest BCUT2D eigenvalue weighted by Crippen LogP contribution is 2.01. The second kappa shape index (κ2) is 4.13. The lowest BCUT2D eigenvalue weighted by atomic mass is 10.2. The summed E-state index contributed by atoms with van der Waals surface area (Å²) < 4.78 is 23.0. The van der Waals surface area contributed by atoms with Crippen LogP contribution in [-0.2, 0) is 4.79 Å². The molecule has 60 valence electrons. The van der Waals surface area contributed by atoms with Crippen molar-refractivity contribution in [2.45, 2.75) is 18.9 Å². The number of carbonyl (C=O) groups is 1. The first-order valence-electron chi connectivity index (χ1n) is 2.62. The van der Waals surface area contributed by atoms with Gasteiger partial charge in [-0.05, 0) is 0 Å². The van der Waals surface area contributed by atoms with Crippen molar-refractivity contribution < 1.29 is 13.6 Å². The number of carbonyl (C=O) groups excluding carboxylic acids is 1. The number of alkyl halides is 2. The highest BCUT2D eigenvalue weighted by molar-refractivity contribution is 5.80. The molecule has 0 heterocycles. The van der Waals surface area contributed by atoms with Crippen molar-refractivity contribution in [2.75, 3.05) is 0 Å². The summed E-state index contributed by atoms with van der Waals surface area (Å²) in [6, 6.07) is -1.22. The number of hydrazine groups is 1. The van der Waals surface area contributed by atoms with E-state index in [1.807, 2.05) is 0 Å². The molecule has 6 heteroatoms. The summed E-state index contributed by atoms with van der Waals surface area (Å²) in [6.45, 7) is 0. The molecule has 1 amide bonds. The Kier molecular flexibility index (Phi) is 3.82.